The summed E-state index contributed by atoms with van der Waals surface area (Å²) in [6.07, 6.45) is 1.80. The Balaban J connectivity index is 2.87. The van der Waals surface area contributed by atoms with Crippen LogP contribution in [-0.4, -0.2) is 17.2 Å². The van der Waals surface area contributed by atoms with E-state index < -0.39 is 0 Å². The third kappa shape index (κ3) is 1.18. The Morgan fingerprint density at radius 1 is 1.54 bits per heavy atom. The number of methoxy groups -OCH3 is 1. The first-order chi connectivity index (χ1) is 6.24. The fraction of sp³-hybridized carbons (Fsp3) is 0.111. The molecule has 0 radical (unpaired) electrons. The van der Waals surface area contributed by atoms with Crippen LogP contribution in [0.25, 0.3) is 10.9 Å². The predicted molar refractivity (Wildman–Crippen MR) is 54.2 cm³/mol. The zero-order chi connectivity index (χ0) is 9.42. The summed E-state index contributed by atoms with van der Waals surface area (Å²) in [6.45, 7) is 0. The molecule has 0 aliphatic rings. The molecule has 3 nitrogen and oxygen atoms in total. The van der Waals surface area contributed by atoms with Crippen molar-refractivity contribution >= 4 is 26.8 Å². The monoisotopic (exact) mass is 241 g/mol. The van der Waals surface area contributed by atoms with Crippen LogP contribution in [0.1, 0.15) is 0 Å². The second-order valence-electron chi connectivity index (χ2n) is 2.68. The molecule has 0 unspecified atom stereocenters. The Kier molecular flexibility index (Phi) is 1.92. The van der Waals surface area contributed by atoms with Crippen LogP contribution in [0, 0.1) is 0 Å². The normalized spacial score (nSPS) is 10.6. The molecule has 0 aliphatic heterocycles. The number of H-pyrrole nitrogens is 1. The van der Waals surface area contributed by atoms with E-state index in [4.69, 9.17) is 4.74 Å². The van der Waals surface area contributed by atoms with Crippen LogP contribution in [0.3, 0.4) is 0 Å². The molecule has 0 atom stereocenters. The summed E-state index contributed by atoms with van der Waals surface area (Å²) in [4.78, 5) is 3.04. The van der Waals surface area contributed by atoms with Crippen molar-refractivity contribution in [3.8, 4) is 11.5 Å². The Hall–Kier alpha value is -1.16. The minimum Gasteiger partial charge on any atom is -0.503 e. The first-order valence-electron chi connectivity index (χ1n) is 3.76. The number of fused-ring (bicyclic) bond motifs is 1. The zero-order valence-electron chi connectivity index (χ0n) is 6.97. The van der Waals surface area contributed by atoms with Crippen LogP contribution in [0.15, 0.2) is 22.8 Å². The fourth-order valence-electron chi connectivity index (χ4n) is 1.34. The third-order valence-corrected chi connectivity index (χ3v) is 2.54. The van der Waals surface area contributed by atoms with Gasteiger partial charge in [0.2, 0.25) is 0 Å². The van der Waals surface area contributed by atoms with Gasteiger partial charge in [-0.05, 0) is 28.1 Å². The highest BCUT2D eigenvalue weighted by molar-refractivity contribution is 9.10. The molecule has 2 rings (SSSR count). The molecule has 1 heterocycles. The number of rotatable bonds is 1. The standard InChI is InChI=1S/C9H8BrNO2/c1-13-9-5-2-3-11-7(5)4-6(10)8(9)12/h2-4,11-12H,1H3. The molecular weight excluding hydrogens is 234 g/mol. The summed E-state index contributed by atoms with van der Waals surface area (Å²) >= 11 is 3.24. The molecule has 0 fully saturated rings. The van der Waals surface area contributed by atoms with E-state index in [1.807, 2.05) is 12.1 Å². The maximum absolute atomic E-state index is 9.63. The van der Waals surface area contributed by atoms with E-state index in [2.05, 4.69) is 20.9 Å². The van der Waals surface area contributed by atoms with Gasteiger partial charge in [-0.15, -0.1) is 0 Å². The first kappa shape index (κ1) is 8.44. The number of aromatic nitrogens is 1. The number of hydrogen-bond acceptors (Lipinski definition) is 2. The van der Waals surface area contributed by atoms with E-state index in [-0.39, 0.29) is 5.75 Å². The van der Waals surface area contributed by atoms with Crippen molar-refractivity contribution < 1.29 is 9.84 Å². The van der Waals surface area contributed by atoms with Crippen molar-refractivity contribution in [1.29, 1.82) is 0 Å². The minimum absolute atomic E-state index is 0.134. The largest absolute Gasteiger partial charge is 0.503 e. The molecule has 0 saturated carbocycles. The molecule has 68 valence electrons. The van der Waals surface area contributed by atoms with Gasteiger partial charge in [0.15, 0.2) is 11.5 Å². The lowest BCUT2D eigenvalue weighted by atomic mass is 10.2. The number of aromatic amines is 1. The summed E-state index contributed by atoms with van der Waals surface area (Å²) in [5.41, 5.74) is 0.932. The molecule has 0 saturated heterocycles. The van der Waals surface area contributed by atoms with E-state index in [0.29, 0.717) is 10.2 Å². The highest BCUT2D eigenvalue weighted by Crippen LogP contribution is 2.40. The molecule has 1 aromatic carbocycles. The van der Waals surface area contributed by atoms with Crippen LogP contribution >= 0.6 is 15.9 Å². The van der Waals surface area contributed by atoms with Gasteiger partial charge in [-0.3, -0.25) is 0 Å². The Morgan fingerprint density at radius 3 is 3.00 bits per heavy atom. The van der Waals surface area contributed by atoms with Crippen LogP contribution in [-0.2, 0) is 0 Å². The molecule has 2 aromatic rings. The number of aromatic hydroxyl groups is 1. The van der Waals surface area contributed by atoms with Gasteiger partial charge < -0.3 is 14.8 Å². The highest BCUT2D eigenvalue weighted by Gasteiger charge is 2.11. The van der Waals surface area contributed by atoms with E-state index in [1.54, 1.807) is 6.20 Å². The lowest BCUT2D eigenvalue weighted by molar-refractivity contribution is 0.376. The van der Waals surface area contributed by atoms with E-state index >= 15 is 0 Å². The highest BCUT2D eigenvalue weighted by atomic mass is 79.9. The van der Waals surface area contributed by atoms with Crippen LogP contribution < -0.4 is 4.74 Å². The van der Waals surface area contributed by atoms with Crippen LogP contribution in [0.5, 0.6) is 11.5 Å². The van der Waals surface area contributed by atoms with Crippen LogP contribution in [0.4, 0.5) is 0 Å². The third-order valence-electron chi connectivity index (χ3n) is 1.94. The molecule has 13 heavy (non-hydrogen) atoms. The second-order valence-corrected chi connectivity index (χ2v) is 3.53. The van der Waals surface area contributed by atoms with E-state index in [0.717, 1.165) is 10.9 Å². The van der Waals surface area contributed by atoms with Crippen molar-refractivity contribution in [1.82, 2.24) is 4.98 Å². The summed E-state index contributed by atoms with van der Waals surface area (Å²) in [5, 5.41) is 10.5. The second kappa shape index (κ2) is 2.96. The lowest BCUT2D eigenvalue weighted by Crippen LogP contribution is -1.85. The zero-order valence-corrected chi connectivity index (χ0v) is 8.55. The molecule has 4 heteroatoms. The van der Waals surface area contributed by atoms with Gasteiger partial charge in [-0.25, -0.2) is 0 Å². The van der Waals surface area contributed by atoms with Crippen LogP contribution in [0.2, 0.25) is 0 Å². The topological polar surface area (TPSA) is 45.2 Å². The summed E-state index contributed by atoms with van der Waals surface area (Å²) < 4.78 is 5.72. The van der Waals surface area contributed by atoms with Gasteiger partial charge in [0.1, 0.15) is 0 Å². The SMILES string of the molecule is COc1c(O)c(Br)cc2[nH]ccc12. The smallest absolute Gasteiger partial charge is 0.172 e. The van der Waals surface area contributed by atoms with Crippen molar-refractivity contribution in [2.75, 3.05) is 7.11 Å². The number of benzene rings is 1. The number of nitrogens with one attached hydrogen (secondary N) is 1. The lowest BCUT2D eigenvalue weighted by Gasteiger charge is -2.06. The summed E-state index contributed by atoms with van der Waals surface area (Å²) in [6, 6.07) is 3.67. The van der Waals surface area contributed by atoms with Gasteiger partial charge in [0.05, 0.1) is 17.1 Å². The van der Waals surface area contributed by atoms with Gasteiger partial charge in [0, 0.05) is 11.6 Å². The van der Waals surface area contributed by atoms with Gasteiger partial charge in [0.25, 0.3) is 0 Å². The van der Waals surface area contributed by atoms with Crippen molar-refractivity contribution in [3.05, 3.63) is 22.8 Å². The van der Waals surface area contributed by atoms with Crippen molar-refractivity contribution in [3.63, 3.8) is 0 Å². The molecule has 0 aliphatic carbocycles. The average molecular weight is 242 g/mol. The van der Waals surface area contributed by atoms with Gasteiger partial charge >= 0.3 is 0 Å². The molecule has 0 spiro atoms. The number of phenolic OH excluding ortho intramolecular Hbond substituents is 1. The average Bonchev–Trinajstić information content (AvgIpc) is 2.54. The molecular formula is C9H8BrNO2. The fourth-order valence-corrected chi connectivity index (χ4v) is 1.75. The number of halogens is 1. The van der Waals surface area contributed by atoms with Gasteiger partial charge in [-0.1, -0.05) is 0 Å². The van der Waals surface area contributed by atoms with Crippen molar-refractivity contribution in [2.45, 2.75) is 0 Å². The van der Waals surface area contributed by atoms with E-state index in [1.165, 1.54) is 7.11 Å². The quantitative estimate of drug-likeness (QED) is 0.807. The first-order valence-corrected chi connectivity index (χ1v) is 4.56. The predicted octanol–water partition coefficient (Wildman–Crippen LogP) is 2.64. The summed E-state index contributed by atoms with van der Waals surface area (Å²) in [5.74, 6) is 0.625. The molecule has 0 amide bonds. The summed E-state index contributed by atoms with van der Waals surface area (Å²) in [7, 11) is 1.54. The number of phenols is 1. The Bertz CT molecular complexity index is 450. The number of hydrogen-bond donors (Lipinski definition) is 2. The Labute approximate surface area is 83.5 Å². The molecule has 1 aromatic heterocycles. The number of ether oxygens (including phenoxy) is 1. The maximum Gasteiger partial charge on any atom is 0.172 e. The molecule has 2 N–H and O–H groups in total. The van der Waals surface area contributed by atoms with Gasteiger partial charge in [-0.2, -0.15) is 0 Å². The van der Waals surface area contributed by atoms with E-state index in [9.17, 15) is 5.11 Å². The molecule has 0 bridgehead atoms. The Morgan fingerprint density at radius 2 is 2.31 bits per heavy atom. The maximum atomic E-state index is 9.63. The van der Waals surface area contributed by atoms with Crippen molar-refractivity contribution in [2.24, 2.45) is 0 Å². The minimum atomic E-state index is 0.134.